The Hall–Kier alpha value is -2.11. The van der Waals surface area contributed by atoms with Crippen LogP contribution >= 0.6 is 0 Å². The number of nitrogens with one attached hydrogen (secondary N) is 2. The van der Waals surface area contributed by atoms with Crippen molar-refractivity contribution in [3.63, 3.8) is 0 Å². The summed E-state index contributed by atoms with van der Waals surface area (Å²) >= 11 is 0. The molecule has 0 aliphatic rings. The van der Waals surface area contributed by atoms with Crippen LogP contribution in [0.25, 0.3) is 0 Å². The molecule has 0 atom stereocenters. The van der Waals surface area contributed by atoms with Crippen LogP contribution in [0.3, 0.4) is 0 Å². The molecule has 0 fully saturated rings. The van der Waals surface area contributed by atoms with E-state index in [0.29, 0.717) is 12.5 Å². The summed E-state index contributed by atoms with van der Waals surface area (Å²) < 4.78 is 0. The van der Waals surface area contributed by atoms with E-state index in [2.05, 4.69) is 20.6 Å². The lowest BCUT2D eigenvalue weighted by atomic mass is 10.2. The zero-order chi connectivity index (χ0) is 15.0. The molecular formula is C14H23N5O. The van der Waals surface area contributed by atoms with Gasteiger partial charge in [0.05, 0.1) is 18.8 Å². The minimum atomic E-state index is 0.00428. The van der Waals surface area contributed by atoms with Gasteiger partial charge in [0.2, 0.25) is 5.91 Å². The van der Waals surface area contributed by atoms with Crippen molar-refractivity contribution < 1.29 is 4.79 Å². The molecule has 1 amide bonds. The average Bonchev–Trinajstić information content (AvgIpc) is 2.43. The van der Waals surface area contributed by atoms with Crippen LogP contribution < -0.4 is 10.6 Å². The van der Waals surface area contributed by atoms with E-state index in [1.165, 1.54) is 0 Å². The van der Waals surface area contributed by atoms with Crippen LogP contribution in [0.2, 0.25) is 0 Å². The average molecular weight is 277 g/mol. The molecule has 0 saturated heterocycles. The number of hydrogen-bond acceptors (Lipinski definition) is 3. The second kappa shape index (κ2) is 8.14. The van der Waals surface area contributed by atoms with Gasteiger partial charge in [0.15, 0.2) is 5.96 Å². The number of aromatic nitrogens is 1. The molecule has 6 nitrogen and oxygen atoms in total. The van der Waals surface area contributed by atoms with Crippen molar-refractivity contribution in [1.82, 2.24) is 20.5 Å². The summed E-state index contributed by atoms with van der Waals surface area (Å²) in [5, 5.41) is 6.12. The number of carbonyl (C=O) groups is 1. The molecule has 0 saturated carbocycles. The number of aliphatic imine (C=N–C) groups is 1. The van der Waals surface area contributed by atoms with Gasteiger partial charge in [0.25, 0.3) is 0 Å². The largest absolute Gasteiger partial charge is 0.357 e. The van der Waals surface area contributed by atoms with Gasteiger partial charge in [-0.05, 0) is 25.5 Å². The predicted molar refractivity (Wildman–Crippen MR) is 80.5 cm³/mol. The second-order valence-electron chi connectivity index (χ2n) is 4.60. The fourth-order valence-corrected chi connectivity index (χ4v) is 1.50. The molecule has 110 valence electrons. The summed E-state index contributed by atoms with van der Waals surface area (Å²) in [6.45, 7) is 5.44. The maximum absolute atomic E-state index is 11.5. The zero-order valence-corrected chi connectivity index (χ0v) is 12.6. The molecule has 2 N–H and O–H groups in total. The number of nitrogens with zero attached hydrogens (tertiary/aromatic N) is 3. The Morgan fingerprint density at radius 3 is 2.75 bits per heavy atom. The van der Waals surface area contributed by atoms with E-state index in [1.807, 2.05) is 26.0 Å². The fourth-order valence-electron chi connectivity index (χ4n) is 1.50. The van der Waals surface area contributed by atoms with Crippen LogP contribution in [-0.2, 0) is 11.3 Å². The molecule has 1 heterocycles. The van der Waals surface area contributed by atoms with Crippen molar-refractivity contribution in [2.24, 2.45) is 4.99 Å². The van der Waals surface area contributed by atoms with E-state index < -0.39 is 0 Å². The van der Waals surface area contributed by atoms with Crippen molar-refractivity contribution in [3.05, 3.63) is 29.6 Å². The summed E-state index contributed by atoms with van der Waals surface area (Å²) in [5.41, 5.74) is 2.04. The Balaban J connectivity index is 2.63. The van der Waals surface area contributed by atoms with Crippen molar-refractivity contribution in [1.29, 1.82) is 0 Å². The Bertz CT molecular complexity index is 470. The van der Waals surface area contributed by atoms with E-state index in [0.717, 1.165) is 17.8 Å². The smallest absolute Gasteiger partial charge is 0.241 e. The number of amides is 1. The Morgan fingerprint density at radius 2 is 2.15 bits per heavy atom. The first-order chi connectivity index (χ1) is 9.54. The van der Waals surface area contributed by atoms with Crippen molar-refractivity contribution >= 4 is 11.9 Å². The molecule has 6 heteroatoms. The molecule has 0 bridgehead atoms. The Kier molecular flexibility index (Phi) is 6.49. The lowest BCUT2D eigenvalue weighted by Crippen LogP contribution is -2.42. The Morgan fingerprint density at radius 1 is 1.40 bits per heavy atom. The van der Waals surface area contributed by atoms with Crippen LogP contribution in [0, 0.1) is 6.92 Å². The highest BCUT2D eigenvalue weighted by molar-refractivity contribution is 5.86. The summed E-state index contributed by atoms with van der Waals surface area (Å²) in [5.74, 6) is 0.623. The van der Waals surface area contributed by atoms with E-state index in [9.17, 15) is 4.79 Å². The minimum absolute atomic E-state index is 0.00428. The second-order valence-corrected chi connectivity index (χ2v) is 4.60. The number of aryl methyl sites for hydroxylation is 1. The van der Waals surface area contributed by atoms with Gasteiger partial charge in [-0.25, -0.2) is 4.99 Å². The molecule has 0 aromatic carbocycles. The monoisotopic (exact) mass is 277 g/mol. The van der Waals surface area contributed by atoms with Crippen LogP contribution in [0.1, 0.15) is 18.2 Å². The van der Waals surface area contributed by atoms with Gasteiger partial charge in [0, 0.05) is 26.8 Å². The summed E-state index contributed by atoms with van der Waals surface area (Å²) in [6.07, 6.45) is 1.76. The first-order valence-corrected chi connectivity index (χ1v) is 6.67. The zero-order valence-electron chi connectivity index (χ0n) is 12.6. The third kappa shape index (κ3) is 5.26. The van der Waals surface area contributed by atoms with Crippen LogP contribution in [0.4, 0.5) is 0 Å². The van der Waals surface area contributed by atoms with E-state index >= 15 is 0 Å². The van der Waals surface area contributed by atoms with Crippen LogP contribution in [0.5, 0.6) is 0 Å². The topological polar surface area (TPSA) is 69.6 Å². The maximum Gasteiger partial charge on any atom is 0.241 e. The van der Waals surface area contributed by atoms with E-state index in [4.69, 9.17) is 0 Å². The summed E-state index contributed by atoms with van der Waals surface area (Å²) in [7, 11) is 3.46. The number of rotatable bonds is 5. The van der Waals surface area contributed by atoms with Gasteiger partial charge in [-0.2, -0.15) is 0 Å². The van der Waals surface area contributed by atoms with E-state index in [1.54, 1.807) is 25.2 Å². The van der Waals surface area contributed by atoms with Crippen LogP contribution in [0.15, 0.2) is 23.3 Å². The van der Waals surface area contributed by atoms with Gasteiger partial charge in [-0.3, -0.25) is 9.78 Å². The van der Waals surface area contributed by atoms with Crippen molar-refractivity contribution in [3.8, 4) is 0 Å². The van der Waals surface area contributed by atoms with Gasteiger partial charge in [-0.15, -0.1) is 0 Å². The third-order valence-electron chi connectivity index (χ3n) is 2.75. The number of guanidine groups is 1. The van der Waals surface area contributed by atoms with Crippen LogP contribution in [-0.4, -0.2) is 48.9 Å². The molecule has 0 unspecified atom stereocenters. The molecule has 20 heavy (non-hydrogen) atoms. The molecule has 0 aliphatic heterocycles. The fraction of sp³-hybridized carbons (Fsp3) is 0.500. The van der Waals surface area contributed by atoms with Crippen molar-refractivity contribution in [2.45, 2.75) is 20.4 Å². The Labute approximate surface area is 120 Å². The lowest BCUT2D eigenvalue weighted by Gasteiger charge is -2.14. The molecule has 1 aromatic rings. The summed E-state index contributed by atoms with van der Waals surface area (Å²) in [6, 6.07) is 3.91. The molecule has 1 aromatic heterocycles. The molecule has 0 spiro atoms. The molecule has 0 aliphatic carbocycles. The molecular weight excluding hydrogens is 254 g/mol. The molecule has 0 radical (unpaired) electrons. The van der Waals surface area contributed by atoms with Gasteiger partial charge < -0.3 is 15.5 Å². The quantitative estimate of drug-likeness (QED) is 0.608. The normalized spacial score (nSPS) is 11.1. The SMILES string of the molecule is CCNC(=NCc1ncccc1C)NCC(=O)N(C)C. The number of likely N-dealkylation sites (N-methyl/N-ethyl adjacent to an activating group) is 1. The first kappa shape index (κ1) is 15.9. The lowest BCUT2D eigenvalue weighted by molar-refractivity contribution is -0.127. The van der Waals surface area contributed by atoms with Gasteiger partial charge in [0.1, 0.15) is 0 Å². The number of pyridine rings is 1. The highest BCUT2D eigenvalue weighted by Crippen LogP contribution is 2.04. The third-order valence-corrected chi connectivity index (χ3v) is 2.75. The highest BCUT2D eigenvalue weighted by atomic mass is 16.2. The standard InChI is InChI=1S/C14H23N5O/c1-5-15-14(18-10-13(20)19(3)4)17-9-12-11(2)7-6-8-16-12/h6-8H,5,9-10H2,1-4H3,(H2,15,17,18). The van der Waals surface area contributed by atoms with Gasteiger partial charge >= 0.3 is 0 Å². The highest BCUT2D eigenvalue weighted by Gasteiger charge is 2.05. The number of carbonyl (C=O) groups excluding carboxylic acids is 1. The predicted octanol–water partition coefficient (Wildman–Crippen LogP) is 0.533. The van der Waals surface area contributed by atoms with E-state index in [-0.39, 0.29) is 12.5 Å². The number of hydrogen-bond donors (Lipinski definition) is 2. The maximum atomic E-state index is 11.5. The minimum Gasteiger partial charge on any atom is -0.357 e. The van der Waals surface area contributed by atoms with Gasteiger partial charge in [-0.1, -0.05) is 6.07 Å². The summed E-state index contributed by atoms with van der Waals surface area (Å²) in [4.78, 5) is 21.8. The molecule has 1 rings (SSSR count). The first-order valence-electron chi connectivity index (χ1n) is 6.67. The van der Waals surface area contributed by atoms with Crippen molar-refractivity contribution in [2.75, 3.05) is 27.2 Å².